The van der Waals surface area contributed by atoms with Crippen molar-refractivity contribution in [1.82, 2.24) is 9.78 Å². The van der Waals surface area contributed by atoms with Gasteiger partial charge in [-0.25, -0.2) is 0 Å². The Morgan fingerprint density at radius 1 is 1.41 bits per heavy atom. The van der Waals surface area contributed by atoms with Gasteiger partial charge in [0.1, 0.15) is 18.4 Å². The number of fused-ring (bicyclic) bond motifs is 1. The monoisotopic (exact) mass is 229 g/mol. The predicted molar refractivity (Wildman–Crippen MR) is 64.9 cm³/mol. The lowest BCUT2D eigenvalue weighted by Crippen LogP contribution is -2.33. The van der Waals surface area contributed by atoms with E-state index in [1.807, 2.05) is 48.3 Å². The van der Waals surface area contributed by atoms with Gasteiger partial charge in [0.25, 0.3) is 0 Å². The van der Waals surface area contributed by atoms with Crippen LogP contribution >= 0.6 is 0 Å². The Bertz CT molecular complexity index is 535. The highest BCUT2D eigenvalue weighted by Crippen LogP contribution is 2.35. The summed E-state index contributed by atoms with van der Waals surface area (Å²) in [5.41, 5.74) is 8.48. The Hall–Kier alpha value is -1.81. The molecule has 2 atom stereocenters. The van der Waals surface area contributed by atoms with Gasteiger partial charge < -0.3 is 10.5 Å². The van der Waals surface area contributed by atoms with Crippen LogP contribution in [0.1, 0.15) is 23.2 Å². The maximum atomic E-state index is 6.29. The number of para-hydroxylation sites is 1. The average molecular weight is 229 g/mol. The van der Waals surface area contributed by atoms with Crippen LogP contribution in [0.15, 0.2) is 36.7 Å². The fourth-order valence-electron chi connectivity index (χ4n) is 2.23. The molecule has 1 aromatic carbocycles. The first-order chi connectivity index (χ1) is 8.25. The summed E-state index contributed by atoms with van der Waals surface area (Å²) in [7, 11) is 0. The molecule has 0 saturated heterocycles. The van der Waals surface area contributed by atoms with E-state index in [2.05, 4.69) is 5.10 Å². The fraction of sp³-hybridized carbons (Fsp3) is 0.308. The Balaban J connectivity index is 1.96. The van der Waals surface area contributed by atoms with E-state index in [0.29, 0.717) is 6.61 Å². The topological polar surface area (TPSA) is 53.1 Å². The number of rotatable bonds is 1. The molecule has 0 spiro atoms. The van der Waals surface area contributed by atoms with Crippen LogP contribution in [0.2, 0.25) is 0 Å². The number of hydrogen-bond acceptors (Lipinski definition) is 3. The van der Waals surface area contributed by atoms with Crippen molar-refractivity contribution in [3.05, 3.63) is 47.8 Å². The number of aryl methyl sites for hydroxylation is 1. The van der Waals surface area contributed by atoms with Crippen molar-refractivity contribution in [2.24, 2.45) is 5.73 Å². The highest BCUT2D eigenvalue weighted by Gasteiger charge is 2.29. The van der Waals surface area contributed by atoms with E-state index in [1.54, 1.807) is 0 Å². The molecule has 1 aromatic heterocycles. The Morgan fingerprint density at radius 3 is 3.00 bits per heavy atom. The summed E-state index contributed by atoms with van der Waals surface area (Å²) in [6.07, 6.45) is 3.84. The summed E-state index contributed by atoms with van der Waals surface area (Å²) in [4.78, 5) is 0. The molecule has 0 bridgehead atoms. The zero-order valence-corrected chi connectivity index (χ0v) is 9.71. The maximum Gasteiger partial charge on any atom is 0.124 e. The van der Waals surface area contributed by atoms with Crippen LogP contribution in [0.25, 0.3) is 0 Å². The third kappa shape index (κ3) is 1.70. The number of ether oxygens (including phenoxy) is 1. The van der Waals surface area contributed by atoms with Crippen molar-refractivity contribution < 1.29 is 4.74 Å². The number of nitrogens with zero attached hydrogens (tertiary/aromatic N) is 2. The molecule has 0 fully saturated rings. The third-order valence-electron chi connectivity index (χ3n) is 3.17. The molecule has 2 N–H and O–H groups in total. The minimum absolute atomic E-state index is 0.0681. The first-order valence-corrected chi connectivity index (χ1v) is 5.74. The SMILES string of the molecule is Cc1cnn(C2COc3ccccc3C2N)c1. The highest BCUT2D eigenvalue weighted by molar-refractivity contribution is 5.38. The first-order valence-electron chi connectivity index (χ1n) is 5.74. The maximum absolute atomic E-state index is 6.29. The van der Waals surface area contributed by atoms with E-state index in [9.17, 15) is 0 Å². The first kappa shape index (κ1) is 10.4. The summed E-state index contributed by atoms with van der Waals surface area (Å²) >= 11 is 0. The summed E-state index contributed by atoms with van der Waals surface area (Å²) in [5.74, 6) is 0.889. The number of aromatic nitrogens is 2. The van der Waals surface area contributed by atoms with E-state index < -0.39 is 0 Å². The summed E-state index contributed by atoms with van der Waals surface area (Å²) in [6, 6.07) is 7.92. The van der Waals surface area contributed by atoms with Crippen LogP contribution < -0.4 is 10.5 Å². The molecule has 0 aliphatic carbocycles. The second-order valence-electron chi connectivity index (χ2n) is 4.44. The van der Waals surface area contributed by atoms with Gasteiger partial charge in [-0.15, -0.1) is 0 Å². The van der Waals surface area contributed by atoms with Gasteiger partial charge >= 0.3 is 0 Å². The van der Waals surface area contributed by atoms with Crippen molar-refractivity contribution in [3.8, 4) is 5.75 Å². The molecule has 1 aliphatic heterocycles. The number of nitrogens with two attached hydrogens (primary N) is 1. The van der Waals surface area contributed by atoms with Gasteiger partial charge in [-0.1, -0.05) is 18.2 Å². The van der Waals surface area contributed by atoms with Crippen molar-refractivity contribution in [2.45, 2.75) is 19.0 Å². The molecule has 17 heavy (non-hydrogen) atoms. The molecule has 88 valence electrons. The molecular weight excluding hydrogens is 214 g/mol. The van der Waals surface area contributed by atoms with Crippen LogP contribution in [-0.4, -0.2) is 16.4 Å². The second-order valence-corrected chi connectivity index (χ2v) is 4.44. The number of benzene rings is 1. The summed E-state index contributed by atoms with van der Waals surface area (Å²) < 4.78 is 7.63. The molecule has 1 aliphatic rings. The molecule has 2 unspecified atom stereocenters. The van der Waals surface area contributed by atoms with Crippen LogP contribution in [0.5, 0.6) is 5.75 Å². The second kappa shape index (κ2) is 3.89. The minimum Gasteiger partial charge on any atom is -0.491 e. The summed E-state index contributed by atoms with van der Waals surface area (Å²) in [5, 5.41) is 4.32. The quantitative estimate of drug-likeness (QED) is 0.811. The van der Waals surface area contributed by atoms with Crippen molar-refractivity contribution in [3.63, 3.8) is 0 Å². The standard InChI is InChI=1S/C13H15N3O/c1-9-6-15-16(7-9)11-8-17-12-5-3-2-4-10(12)13(11)14/h2-7,11,13H,8,14H2,1H3. The molecule has 4 heteroatoms. The van der Waals surface area contributed by atoms with Gasteiger partial charge in [0.2, 0.25) is 0 Å². The molecule has 2 heterocycles. The van der Waals surface area contributed by atoms with Gasteiger partial charge in [-0.3, -0.25) is 4.68 Å². The van der Waals surface area contributed by atoms with Crippen molar-refractivity contribution >= 4 is 0 Å². The Labute approximate surface area is 100 Å². The van der Waals surface area contributed by atoms with E-state index in [1.165, 1.54) is 0 Å². The average Bonchev–Trinajstić information content (AvgIpc) is 2.77. The zero-order valence-electron chi connectivity index (χ0n) is 9.71. The fourth-order valence-corrected chi connectivity index (χ4v) is 2.23. The van der Waals surface area contributed by atoms with Crippen LogP contribution in [0.4, 0.5) is 0 Å². The number of hydrogen-bond donors (Lipinski definition) is 1. The Kier molecular flexibility index (Phi) is 2.37. The van der Waals surface area contributed by atoms with E-state index in [0.717, 1.165) is 16.9 Å². The molecule has 4 nitrogen and oxygen atoms in total. The van der Waals surface area contributed by atoms with Crippen molar-refractivity contribution in [2.75, 3.05) is 6.61 Å². The van der Waals surface area contributed by atoms with E-state index in [4.69, 9.17) is 10.5 Å². The van der Waals surface area contributed by atoms with Crippen LogP contribution in [-0.2, 0) is 0 Å². The van der Waals surface area contributed by atoms with Crippen LogP contribution in [0.3, 0.4) is 0 Å². The van der Waals surface area contributed by atoms with E-state index >= 15 is 0 Å². The summed E-state index contributed by atoms with van der Waals surface area (Å²) in [6.45, 7) is 2.59. The van der Waals surface area contributed by atoms with E-state index in [-0.39, 0.29) is 12.1 Å². The van der Waals surface area contributed by atoms with Gasteiger partial charge in [0.05, 0.1) is 12.2 Å². The third-order valence-corrected chi connectivity index (χ3v) is 3.17. The van der Waals surface area contributed by atoms with Gasteiger partial charge in [0.15, 0.2) is 0 Å². The molecule has 0 radical (unpaired) electrons. The van der Waals surface area contributed by atoms with Crippen LogP contribution in [0, 0.1) is 6.92 Å². The lowest BCUT2D eigenvalue weighted by atomic mass is 9.97. The largest absolute Gasteiger partial charge is 0.491 e. The predicted octanol–water partition coefficient (Wildman–Crippen LogP) is 1.83. The van der Waals surface area contributed by atoms with Crippen molar-refractivity contribution in [1.29, 1.82) is 0 Å². The molecule has 2 aromatic rings. The minimum atomic E-state index is -0.0701. The molecule has 0 amide bonds. The van der Waals surface area contributed by atoms with Gasteiger partial charge in [-0.05, 0) is 18.6 Å². The molecule has 3 rings (SSSR count). The molecular formula is C13H15N3O. The van der Waals surface area contributed by atoms with Gasteiger partial charge in [-0.2, -0.15) is 5.10 Å². The smallest absolute Gasteiger partial charge is 0.124 e. The lowest BCUT2D eigenvalue weighted by molar-refractivity contribution is 0.187. The highest BCUT2D eigenvalue weighted by atomic mass is 16.5. The lowest BCUT2D eigenvalue weighted by Gasteiger charge is -2.31. The van der Waals surface area contributed by atoms with Gasteiger partial charge in [0, 0.05) is 11.8 Å². The molecule has 0 saturated carbocycles. The zero-order chi connectivity index (χ0) is 11.8. The normalized spacial score (nSPS) is 22.9. The Morgan fingerprint density at radius 2 is 2.24 bits per heavy atom.